The van der Waals surface area contributed by atoms with Crippen molar-refractivity contribution in [2.45, 2.75) is 0 Å². The van der Waals surface area contributed by atoms with E-state index in [2.05, 4.69) is 126 Å². The largest absolute Gasteiger partial charge is 0.454 e. The van der Waals surface area contributed by atoms with Gasteiger partial charge in [0.05, 0.1) is 0 Å². The van der Waals surface area contributed by atoms with Crippen molar-refractivity contribution >= 4 is 65.2 Å². The summed E-state index contributed by atoms with van der Waals surface area (Å²) in [6.07, 6.45) is 1.80. The summed E-state index contributed by atoms with van der Waals surface area (Å²) in [4.78, 5) is 19.9. The fourth-order valence-corrected chi connectivity index (χ4v) is 6.84. The van der Waals surface area contributed by atoms with E-state index < -0.39 is 0 Å². The van der Waals surface area contributed by atoms with Crippen LogP contribution in [-0.4, -0.2) is 19.9 Å². The molecule has 0 aliphatic carbocycles. The van der Waals surface area contributed by atoms with Crippen molar-refractivity contribution in [3.8, 4) is 34.2 Å². The molecule has 0 saturated heterocycles. The Morgan fingerprint density at radius 1 is 0.404 bits per heavy atom. The SMILES string of the molecule is c1ccc2cc(-c3nc(-c4ccc5c(ccc6ccccc65)c4)nc(-c4cccc5c4ccc4c6ncccc6oc54)n3)ccc2c1. The van der Waals surface area contributed by atoms with Crippen molar-refractivity contribution in [1.29, 1.82) is 0 Å². The number of fused-ring (bicyclic) bond motifs is 9. The molecule has 0 fully saturated rings. The van der Waals surface area contributed by atoms with Gasteiger partial charge in [-0.2, -0.15) is 0 Å². The zero-order valence-electron chi connectivity index (χ0n) is 25.1. The summed E-state index contributed by atoms with van der Waals surface area (Å²) < 4.78 is 6.34. The Hall–Kier alpha value is -6.46. The average molecular weight is 601 g/mol. The number of hydrogen-bond acceptors (Lipinski definition) is 5. The third-order valence-corrected chi connectivity index (χ3v) is 9.14. The first-order chi connectivity index (χ1) is 23.3. The molecule has 218 valence electrons. The minimum absolute atomic E-state index is 0.607. The third-order valence-electron chi connectivity index (χ3n) is 9.14. The molecule has 47 heavy (non-hydrogen) atoms. The van der Waals surface area contributed by atoms with Gasteiger partial charge in [-0.1, -0.05) is 109 Å². The Bertz CT molecular complexity index is 2870. The molecule has 0 aliphatic heterocycles. The lowest BCUT2D eigenvalue weighted by atomic mass is 9.99. The zero-order valence-corrected chi connectivity index (χ0v) is 25.1. The van der Waals surface area contributed by atoms with Crippen molar-refractivity contribution in [2.75, 3.05) is 0 Å². The third kappa shape index (κ3) is 4.10. The van der Waals surface area contributed by atoms with Crippen molar-refractivity contribution in [3.63, 3.8) is 0 Å². The maximum atomic E-state index is 6.34. The van der Waals surface area contributed by atoms with Crippen LogP contribution in [0.25, 0.3) is 99.3 Å². The van der Waals surface area contributed by atoms with Gasteiger partial charge in [0.2, 0.25) is 0 Å². The molecule has 3 aromatic heterocycles. The van der Waals surface area contributed by atoms with E-state index in [4.69, 9.17) is 19.4 Å². The summed E-state index contributed by atoms with van der Waals surface area (Å²) in [5.41, 5.74) is 5.22. The van der Waals surface area contributed by atoms with E-state index in [0.717, 1.165) is 60.3 Å². The molecule has 5 nitrogen and oxygen atoms in total. The summed E-state index contributed by atoms with van der Waals surface area (Å²) in [5.74, 6) is 1.86. The van der Waals surface area contributed by atoms with Crippen molar-refractivity contribution in [2.24, 2.45) is 0 Å². The first-order valence-electron chi connectivity index (χ1n) is 15.6. The van der Waals surface area contributed by atoms with Gasteiger partial charge in [-0.15, -0.1) is 0 Å². The number of benzene rings is 7. The molecular formula is C42H24N4O. The molecule has 10 aromatic rings. The number of furan rings is 1. The van der Waals surface area contributed by atoms with Crippen LogP contribution in [0.5, 0.6) is 0 Å². The minimum atomic E-state index is 0.607. The molecule has 0 amide bonds. The van der Waals surface area contributed by atoms with Gasteiger partial charge in [-0.25, -0.2) is 15.0 Å². The molecule has 5 heteroatoms. The van der Waals surface area contributed by atoms with Gasteiger partial charge < -0.3 is 4.42 Å². The topological polar surface area (TPSA) is 64.7 Å². The van der Waals surface area contributed by atoms with Gasteiger partial charge in [-0.3, -0.25) is 4.98 Å². The van der Waals surface area contributed by atoms with Crippen molar-refractivity contribution < 1.29 is 4.42 Å². The van der Waals surface area contributed by atoms with Crippen LogP contribution >= 0.6 is 0 Å². The van der Waals surface area contributed by atoms with Crippen LogP contribution in [0.3, 0.4) is 0 Å². The fourth-order valence-electron chi connectivity index (χ4n) is 6.84. The first kappa shape index (κ1) is 25.8. The number of rotatable bonds is 3. The van der Waals surface area contributed by atoms with Crippen molar-refractivity contribution in [3.05, 3.63) is 146 Å². The molecule has 0 aliphatic rings. The van der Waals surface area contributed by atoms with E-state index >= 15 is 0 Å². The van der Waals surface area contributed by atoms with Gasteiger partial charge >= 0.3 is 0 Å². The monoisotopic (exact) mass is 600 g/mol. The first-order valence-corrected chi connectivity index (χ1v) is 15.6. The molecule has 7 aromatic carbocycles. The van der Waals surface area contributed by atoms with Gasteiger partial charge in [0.1, 0.15) is 11.1 Å². The van der Waals surface area contributed by atoms with Crippen molar-refractivity contribution in [1.82, 2.24) is 19.9 Å². The van der Waals surface area contributed by atoms with Gasteiger partial charge in [-0.05, 0) is 68.0 Å². The summed E-state index contributed by atoms with van der Waals surface area (Å²) in [6.45, 7) is 0. The molecule has 0 N–H and O–H groups in total. The van der Waals surface area contributed by atoms with Gasteiger partial charge in [0, 0.05) is 33.7 Å². The second kappa shape index (κ2) is 10.0. The maximum absolute atomic E-state index is 6.34. The van der Waals surface area contributed by atoms with E-state index in [-0.39, 0.29) is 0 Å². The molecule has 0 spiro atoms. The molecule has 0 bridgehead atoms. The minimum Gasteiger partial charge on any atom is -0.454 e. The van der Waals surface area contributed by atoms with E-state index in [9.17, 15) is 0 Å². The Morgan fingerprint density at radius 3 is 1.94 bits per heavy atom. The Balaban J connectivity index is 1.21. The van der Waals surface area contributed by atoms with E-state index in [0.29, 0.717) is 17.5 Å². The molecule has 0 radical (unpaired) electrons. The van der Waals surface area contributed by atoms with E-state index in [1.165, 1.54) is 21.5 Å². The predicted octanol–water partition coefficient (Wildman–Crippen LogP) is 10.8. The number of aromatic nitrogens is 4. The maximum Gasteiger partial charge on any atom is 0.164 e. The molecular weight excluding hydrogens is 576 g/mol. The lowest BCUT2D eigenvalue weighted by Crippen LogP contribution is -2.00. The predicted molar refractivity (Wildman–Crippen MR) is 191 cm³/mol. The Kier molecular flexibility index (Phi) is 5.51. The van der Waals surface area contributed by atoms with Gasteiger partial charge in [0.15, 0.2) is 23.1 Å². The smallest absolute Gasteiger partial charge is 0.164 e. The molecule has 0 atom stereocenters. The molecule has 10 rings (SSSR count). The van der Waals surface area contributed by atoms with Crippen LogP contribution in [0, 0.1) is 0 Å². The Labute approximate surface area is 268 Å². The molecule has 0 unspecified atom stereocenters. The highest BCUT2D eigenvalue weighted by molar-refractivity contribution is 6.16. The number of hydrogen-bond donors (Lipinski definition) is 0. The summed E-state index contributed by atoms with van der Waals surface area (Å²) >= 11 is 0. The second-order valence-corrected chi connectivity index (χ2v) is 11.9. The summed E-state index contributed by atoms with van der Waals surface area (Å²) in [5, 5.41) is 10.1. The van der Waals surface area contributed by atoms with Crippen LogP contribution in [-0.2, 0) is 0 Å². The molecule has 3 heterocycles. The van der Waals surface area contributed by atoms with Crippen LogP contribution in [0.2, 0.25) is 0 Å². The van der Waals surface area contributed by atoms with Gasteiger partial charge in [0.25, 0.3) is 0 Å². The van der Waals surface area contributed by atoms with Crippen LogP contribution in [0.4, 0.5) is 0 Å². The zero-order chi connectivity index (χ0) is 30.9. The highest BCUT2D eigenvalue weighted by atomic mass is 16.3. The Morgan fingerprint density at radius 2 is 1.04 bits per heavy atom. The standard InChI is InChI=1S/C42H24N4O/c1-2-9-27-23-29(17-14-25(27)7-1)40-44-41(30-18-19-32-28(24-30)16-15-26-8-3-4-10-31(26)32)46-42(45-40)35-12-5-11-34-33(35)20-21-36-38-37(47-39(34)36)13-6-22-43-38/h1-24H. The highest BCUT2D eigenvalue weighted by Crippen LogP contribution is 2.37. The molecule has 0 saturated carbocycles. The lowest BCUT2D eigenvalue weighted by Gasteiger charge is -2.12. The van der Waals surface area contributed by atoms with Crippen LogP contribution in [0.15, 0.2) is 150 Å². The van der Waals surface area contributed by atoms with E-state index in [1.54, 1.807) is 6.20 Å². The van der Waals surface area contributed by atoms with Crippen LogP contribution < -0.4 is 0 Å². The summed E-state index contributed by atoms with van der Waals surface area (Å²) in [7, 11) is 0. The highest BCUT2D eigenvalue weighted by Gasteiger charge is 2.18. The fraction of sp³-hybridized carbons (Fsp3) is 0. The quantitative estimate of drug-likeness (QED) is 0.189. The van der Waals surface area contributed by atoms with Crippen LogP contribution in [0.1, 0.15) is 0 Å². The van der Waals surface area contributed by atoms with E-state index in [1.807, 2.05) is 18.2 Å². The number of pyridine rings is 1. The second-order valence-electron chi connectivity index (χ2n) is 11.9. The normalized spacial score (nSPS) is 11.8. The number of nitrogens with zero attached hydrogens (tertiary/aromatic N) is 4. The summed E-state index contributed by atoms with van der Waals surface area (Å²) in [6, 6.07) is 48.3. The average Bonchev–Trinajstić information content (AvgIpc) is 3.53. The lowest BCUT2D eigenvalue weighted by molar-refractivity contribution is 0.672.